The summed E-state index contributed by atoms with van der Waals surface area (Å²) < 4.78 is 1.73. The molecule has 0 aromatic carbocycles. The summed E-state index contributed by atoms with van der Waals surface area (Å²) in [6, 6.07) is 0. The van der Waals surface area contributed by atoms with Crippen LogP contribution in [0.5, 0.6) is 0 Å². The van der Waals surface area contributed by atoms with Crippen molar-refractivity contribution in [2.75, 3.05) is 6.54 Å². The standard InChI is InChI=1S/C6H13N5S/c1-5(2)12-6-8-9-10-11(6)4-3-7/h5H,3-4,7H2,1-2H3. The number of tetrazole rings is 1. The van der Waals surface area contributed by atoms with Crippen LogP contribution in [0, 0.1) is 0 Å². The van der Waals surface area contributed by atoms with E-state index in [2.05, 4.69) is 29.4 Å². The first-order chi connectivity index (χ1) is 5.74. The van der Waals surface area contributed by atoms with Crippen LogP contribution in [0.4, 0.5) is 0 Å². The van der Waals surface area contributed by atoms with E-state index in [-0.39, 0.29) is 0 Å². The van der Waals surface area contributed by atoms with Gasteiger partial charge in [0.25, 0.3) is 0 Å². The first kappa shape index (κ1) is 9.47. The predicted octanol–water partition coefficient (Wildman–Crippen LogP) is 0.132. The Morgan fingerprint density at radius 1 is 1.58 bits per heavy atom. The molecule has 0 saturated carbocycles. The fourth-order valence-electron chi connectivity index (χ4n) is 0.754. The van der Waals surface area contributed by atoms with Gasteiger partial charge in [-0.3, -0.25) is 0 Å². The van der Waals surface area contributed by atoms with E-state index in [0.717, 1.165) is 5.16 Å². The van der Waals surface area contributed by atoms with Gasteiger partial charge in [0.15, 0.2) is 0 Å². The first-order valence-corrected chi connectivity index (χ1v) is 4.75. The molecular weight excluding hydrogens is 174 g/mol. The van der Waals surface area contributed by atoms with Crippen molar-refractivity contribution in [3.8, 4) is 0 Å². The average molecular weight is 187 g/mol. The SMILES string of the molecule is CC(C)Sc1nnnn1CCN. The second-order valence-corrected chi connectivity index (χ2v) is 4.18. The van der Waals surface area contributed by atoms with Crippen molar-refractivity contribution in [1.29, 1.82) is 0 Å². The van der Waals surface area contributed by atoms with E-state index in [4.69, 9.17) is 5.73 Å². The van der Waals surface area contributed by atoms with E-state index in [1.54, 1.807) is 16.4 Å². The zero-order chi connectivity index (χ0) is 8.97. The van der Waals surface area contributed by atoms with Crippen LogP contribution >= 0.6 is 11.8 Å². The Kier molecular flexibility index (Phi) is 3.48. The van der Waals surface area contributed by atoms with Crippen LogP contribution in [0.3, 0.4) is 0 Å². The van der Waals surface area contributed by atoms with Crippen molar-refractivity contribution < 1.29 is 0 Å². The summed E-state index contributed by atoms with van der Waals surface area (Å²) in [6.07, 6.45) is 0. The quantitative estimate of drug-likeness (QED) is 0.679. The van der Waals surface area contributed by atoms with Gasteiger partial charge < -0.3 is 5.73 Å². The molecule has 0 aliphatic rings. The van der Waals surface area contributed by atoms with Crippen molar-refractivity contribution in [2.45, 2.75) is 30.8 Å². The highest BCUT2D eigenvalue weighted by Crippen LogP contribution is 2.18. The van der Waals surface area contributed by atoms with Gasteiger partial charge >= 0.3 is 0 Å². The van der Waals surface area contributed by atoms with Crippen LogP contribution in [-0.4, -0.2) is 32.0 Å². The fourth-order valence-corrected chi connectivity index (χ4v) is 1.51. The fraction of sp³-hybridized carbons (Fsp3) is 0.833. The molecule has 0 amide bonds. The topological polar surface area (TPSA) is 69.6 Å². The Labute approximate surface area is 75.7 Å². The molecule has 12 heavy (non-hydrogen) atoms. The van der Waals surface area contributed by atoms with Crippen molar-refractivity contribution in [3.63, 3.8) is 0 Å². The lowest BCUT2D eigenvalue weighted by molar-refractivity contribution is 0.556. The molecule has 0 atom stereocenters. The summed E-state index contributed by atoms with van der Waals surface area (Å²) in [5.41, 5.74) is 5.39. The predicted molar refractivity (Wildman–Crippen MR) is 47.9 cm³/mol. The van der Waals surface area contributed by atoms with Gasteiger partial charge in [0.2, 0.25) is 5.16 Å². The largest absolute Gasteiger partial charge is 0.329 e. The first-order valence-electron chi connectivity index (χ1n) is 3.87. The molecule has 1 rings (SSSR count). The van der Waals surface area contributed by atoms with Crippen molar-refractivity contribution in [2.24, 2.45) is 5.73 Å². The third kappa shape index (κ3) is 2.46. The number of nitrogens with two attached hydrogens (primary N) is 1. The van der Waals surface area contributed by atoms with Crippen LogP contribution in [0.15, 0.2) is 5.16 Å². The Hall–Kier alpha value is -0.620. The summed E-state index contributed by atoms with van der Waals surface area (Å²) in [4.78, 5) is 0. The maximum atomic E-state index is 5.39. The van der Waals surface area contributed by atoms with Crippen LogP contribution < -0.4 is 5.73 Å². The summed E-state index contributed by atoms with van der Waals surface area (Å²) in [5, 5.41) is 12.6. The van der Waals surface area contributed by atoms with Crippen LogP contribution in [0.2, 0.25) is 0 Å². The molecule has 0 aliphatic carbocycles. The van der Waals surface area contributed by atoms with Gasteiger partial charge in [-0.15, -0.1) is 5.10 Å². The van der Waals surface area contributed by atoms with Gasteiger partial charge in [0.05, 0.1) is 6.54 Å². The van der Waals surface area contributed by atoms with Crippen LogP contribution in [0.1, 0.15) is 13.8 Å². The highest BCUT2D eigenvalue weighted by atomic mass is 32.2. The number of aromatic nitrogens is 4. The molecule has 0 fully saturated rings. The molecule has 1 aromatic rings. The van der Waals surface area contributed by atoms with Gasteiger partial charge in [-0.1, -0.05) is 25.6 Å². The lowest BCUT2D eigenvalue weighted by Gasteiger charge is -2.03. The van der Waals surface area contributed by atoms with E-state index in [9.17, 15) is 0 Å². The molecule has 1 aromatic heterocycles. The number of nitrogens with zero attached hydrogens (tertiary/aromatic N) is 4. The van der Waals surface area contributed by atoms with Gasteiger partial charge in [-0.25, -0.2) is 4.68 Å². The van der Waals surface area contributed by atoms with E-state index in [0.29, 0.717) is 18.3 Å². The molecule has 0 bridgehead atoms. The minimum atomic E-state index is 0.493. The van der Waals surface area contributed by atoms with E-state index in [1.165, 1.54) is 0 Å². The number of rotatable bonds is 4. The van der Waals surface area contributed by atoms with Gasteiger partial charge in [-0.05, 0) is 10.4 Å². The second kappa shape index (κ2) is 4.42. The van der Waals surface area contributed by atoms with Crippen LogP contribution in [0.25, 0.3) is 0 Å². The van der Waals surface area contributed by atoms with Gasteiger partial charge in [0.1, 0.15) is 0 Å². The lowest BCUT2D eigenvalue weighted by atomic mass is 10.6. The molecule has 0 unspecified atom stereocenters. The Bertz CT molecular complexity index is 234. The zero-order valence-electron chi connectivity index (χ0n) is 7.27. The third-order valence-electron chi connectivity index (χ3n) is 1.18. The molecule has 68 valence electrons. The molecule has 0 spiro atoms. The second-order valence-electron chi connectivity index (χ2n) is 2.64. The van der Waals surface area contributed by atoms with Crippen LogP contribution in [-0.2, 0) is 6.54 Å². The highest BCUT2D eigenvalue weighted by Gasteiger charge is 2.07. The number of hydrogen-bond acceptors (Lipinski definition) is 5. The van der Waals surface area contributed by atoms with Crippen molar-refractivity contribution >= 4 is 11.8 Å². The molecule has 6 heteroatoms. The normalized spacial score (nSPS) is 11.0. The summed E-state index contributed by atoms with van der Waals surface area (Å²) in [7, 11) is 0. The summed E-state index contributed by atoms with van der Waals surface area (Å²) in [6.45, 7) is 5.46. The molecule has 0 saturated heterocycles. The molecule has 1 heterocycles. The Morgan fingerprint density at radius 3 is 2.92 bits per heavy atom. The molecule has 5 nitrogen and oxygen atoms in total. The minimum Gasteiger partial charge on any atom is -0.329 e. The van der Waals surface area contributed by atoms with E-state index in [1.807, 2.05) is 0 Å². The highest BCUT2D eigenvalue weighted by molar-refractivity contribution is 7.99. The lowest BCUT2D eigenvalue weighted by Crippen LogP contribution is -2.12. The van der Waals surface area contributed by atoms with E-state index < -0.39 is 0 Å². The van der Waals surface area contributed by atoms with Gasteiger partial charge in [-0.2, -0.15) is 0 Å². The Morgan fingerprint density at radius 2 is 2.33 bits per heavy atom. The summed E-state index contributed by atoms with van der Waals surface area (Å²) in [5.74, 6) is 0. The maximum Gasteiger partial charge on any atom is 0.209 e. The maximum absolute atomic E-state index is 5.39. The zero-order valence-corrected chi connectivity index (χ0v) is 8.08. The average Bonchev–Trinajstić information content (AvgIpc) is 2.37. The van der Waals surface area contributed by atoms with Crippen molar-refractivity contribution in [3.05, 3.63) is 0 Å². The van der Waals surface area contributed by atoms with E-state index >= 15 is 0 Å². The third-order valence-corrected chi connectivity index (χ3v) is 2.16. The molecular formula is C6H13N5S. The number of thioether (sulfide) groups is 1. The smallest absolute Gasteiger partial charge is 0.209 e. The Balaban J connectivity index is 2.63. The molecule has 0 radical (unpaired) electrons. The van der Waals surface area contributed by atoms with Gasteiger partial charge in [0, 0.05) is 11.8 Å². The minimum absolute atomic E-state index is 0.493. The molecule has 2 N–H and O–H groups in total. The monoisotopic (exact) mass is 187 g/mol. The molecule has 0 aliphatic heterocycles. The number of hydrogen-bond donors (Lipinski definition) is 1. The summed E-state index contributed by atoms with van der Waals surface area (Å²) >= 11 is 1.64. The van der Waals surface area contributed by atoms with Crippen molar-refractivity contribution in [1.82, 2.24) is 20.2 Å².